The molecule has 19 heavy (non-hydrogen) atoms. The van der Waals surface area contributed by atoms with Crippen molar-refractivity contribution >= 4 is 17.0 Å². The van der Waals surface area contributed by atoms with Gasteiger partial charge in [0.15, 0.2) is 0 Å². The Kier molecular flexibility index (Phi) is 2.68. The van der Waals surface area contributed by atoms with Crippen LogP contribution >= 0.6 is 0 Å². The van der Waals surface area contributed by atoms with Gasteiger partial charge in [0.1, 0.15) is 11.3 Å². The summed E-state index contributed by atoms with van der Waals surface area (Å²) in [6.07, 6.45) is 6.60. The summed E-state index contributed by atoms with van der Waals surface area (Å²) >= 11 is 0. The Bertz CT molecular complexity index is 677. The van der Waals surface area contributed by atoms with Gasteiger partial charge in [-0.1, -0.05) is 0 Å². The Morgan fingerprint density at radius 3 is 2.79 bits per heavy atom. The van der Waals surface area contributed by atoms with Gasteiger partial charge in [-0.2, -0.15) is 4.99 Å². The molecule has 0 radical (unpaired) electrons. The molecule has 0 atom stereocenters. The third-order valence-electron chi connectivity index (χ3n) is 4.15. The number of aromatic nitrogens is 1. The van der Waals surface area contributed by atoms with Gasteiger partial charge in [-0.15, -0.1) is 0 Å². The number of rotatable bonds is 3. The van der Waals surface area contributed by atoms with Gasteiger partial charge in [-0.05, 0) is 37.5 Å². The molecule has 1 aliphatic rings. The first kappa shape index (κ1) is 12.0. The first-order valence-corrected chi connectivity index (χ1v) is 6.43. The second-order valence-electron chi connectivity index (χ2n) is 5.13. The molecule has 1 heterocycles. The largest absolute Gasteiger partial charge is 0.496 e. The zero-order chi connectivity index (χ0) is 13.5. The van der Waals surface area contributed by atoms with Crippen molar-refractivity contribution in [3.05, 3.63) is 30.0 Å². The lowest BCUT2D eigenvalue weighted by molar-refractivity contribution is 0.246. The summed E-state index contributed by atoms with van der Waals surface area (Å²) < 4.78 is 7.56. The van der Waals surface area contributed by atoms with Crippen LogP contribution in [0.25, 0.3) is 10.9 Å². The number of hydrogen-bond donors (Lipinski definition) is 0. The number of nitrogens with zero attached hydrogens (tertiary/aromatic N) is 2. The number of aliphatic imine (C=N–C) groups is 1. The minimum Gasteiger partial charge on any atom is -0.496 e. The molecule has 0 bridgehead atoms. The van der Waals surface area contributed by atoms with E-state index in [1.54, 1.807) is 13.2 Å². The van der Waals surface area contributed by atoms with Crippen LogP contribution in [0.2, 0.25) is 0 Å². The molecule has 4 heteroatoms. The highest BCUT2D eigenvalue weighted by Crippen LogP contribution is 2.49. The van der Waals surface area contributed by atoms with Gasteiger partial charge in [-0.3, -0.25) is 0 Å². The summed E-state index contributed by atoms with van der Waals surface area (Å²) in [5.41, 5.74) is 1.70. The van der Waals surface area contributed by atoms with E-state index in [2.05, 4.69) is 21.7 Å². The third-order valence-corrected chi connectivity index (χ3v) is 4.15. The van der Waals surface area contributed by atoms with E-state index in [4.69, 9.17) is 4.74 Å². The fourth-order valence-corrected chi connectivity index (χ4v) is 2.87. The predicted octanol–water partition coefficient (Wildman–Crippen LogP) is 2.90. The van der Waals surface area contributed by atoms with Crippen LogP contribution in [-0.4, -0.2) is 17.8 Å². The Balaban J connectivity index is 2.26. The molecule has 0 unspecified atom stereocenters. The van der Waals surface area contributed by atoms with E-state index in [-0.39, 0.29) is 0 Å². The molecule has 1 fully saturated rings. The number of hydrogen-bond acceptors (Lipinski definition) is 3. The molecule has 98 valence electrons. The van der Waals surface area contributed by atoms with Crippen LogP contribution in [0.5, 0.6) is 5.75 Å². The highest BCUT2D eigenvalue weighted by molar-refractivity contribution is 5.83. The maximum Gasteiger partial charge on any atom is 0.235 e. The fourth-order valence-electron chi connectivity index (χ4n) is 2.87. The van der Waals surface area contributed by atoms with Crippen LogP contribution in [0, 0.1) is 0 Å². The van der Waals surface area contributed by atoms with E-state index in [9.17, 15) is 4.79 Å². The minimum atomic E-state index is -0.425. The van der Waals surface area contributed by atoms with Crippen molar-refractivity contribution in [2.24, 2.45) is 12.0 Å². The lowest BCUT2D eigenvalue weighted by Gasteiger charge is -2.37. The monoisotopic (exact) mass is 256 g/mol. The maximum absolute atomic E-state index is 10.7. The van der Waals surface area contributed by atoms with Gasteiger partial charge in [0.25, 0.3) is 0 Å². The smallest absolute Gasteiger partial charge is 0.235 e. The van der Waals surface area contributed by atoms with Crippen molar-refractivity contribution in [3.63, 3.8) is 0 Å². The molecule has 1 aromatic heterocycles. The quantitative estimate of drug-likeness (QED) is 0.626. The standard InChI is InChI=1S/C15H16N2O2/c1-17-7-4-11-8-14(19-2)12(9-13(11)17)15(16-10-18)5-3-6-15/h4,7-9H,3,5-6H2,1-2H3. The molecule has 0 spiro atoms. The number of ether oxygens (including phenoxy) is 1. The molecule has 0 saturated heterocycles. The summed E-state index contributed by atoms with van der Waals surface area (Å²) in [7, 11) is 3.67. The average molecular weight is 256 g/mol. The molecule has 3 rings (SSSR count). The van der Waals surface area contributed by atoms with Crippen molar-refractivity contribution in [1.29, 1.82) is 0 Å². The van der Waals surface area contributed by atoms with Crippen molar-refractivity contribution in [2.75, 3.05) is 7.11 Å². The highest BCUT2D eigenvalue weighted by atomic mass is 16.5. The first-order valence-electron chi connectivity index (χ1n) is 6.43. The molecule has 1 aliphatic carbocycles. The predicted molar refractivity (Wildman–Crippen MR) is 73.1 cm³/mol. The molecule has 0 amide bonds. The summed E-state index contributed by atoms with van der Waals surface area (Å²) in [6.45, 7) is 0. The van der Waals surface area contributed by atoms with E-state index in [1.165, 1.54) is 0 Å². The van der Waals surface area contributed by atoms with Crippen molar-refractivity contribution < 1.29 is 9.53 Å². The van der Waals surface area contributed by atoms with Gasteiger partial charge in [0.2, 0.25) is 6.08 Å². The zero-order valence-electron chi connectivity index (χ0n) is 11.1. The van der Waals surface area contributed by atoms with Gasteiger partial charge in [0, 0.05) is 29.7 Å². The molecule has 0 aliphatic heterocycles. The van der Waals surface area contributed by atoms with Crippen LogP contribution in [-0.2, 0) is 17.4 Å². The summed E-state index contributed by atoms with van der Waals surface area (Å²) in [5, 5.41) is 1.13. The van der Waals surface area contributed by atoms with Gasteiger partial charge in [-0.25, -0.2) is 4.79 Å². The zero-order valence-corrected chi connectivity index (χ0v) is 11.1. The molecule has 1 aromatic carbocycles. The summed E-state index contributed by atoms with van der Waals surface area (Å²) in [6, 6.07) is 6.16. The molecular formula is C15H16N2O2. The van der Waals surface area contributed by atoms with Crippen LogP contribution in [0.1, 0.15) is 24.8 Å². The summed E-state index contributed by atoms with van der Waals surface area (Å²) in [5.74, 6) is 0.803. The second kappa shape index (κ2) is 4.25. The van der Waals surface area contributed by atoms with Gasteiger partial charge in [0.05, 0.1) is 7.11 Å². The van der Waals surface area contributed by atoms with Gasteiger partial charge < -0.3 is 9.30 Å². The topological polar surface area (TPSA) is 43.6 Å². The molecule has 4 nitrogen and oxygen atoms in total. The second-order valence-corrected chi connectivity index (χ2v) is 5.13. The fraction of sp³-hybridized carbons (Fsp3) is 0.400. The lowest BCUT2D eigenvalue weighted by atomic mass is 9.72. The normalized spacial score (nSPS) is 16.7. The number of methoxy groups -OCH3 is 1. The average Bonchev–Trinajstić information content (AvgIpc) is 2.74. The number of aryl methyl sites for hydroxylation is 1. The van der Waals surface area contributed by atoms with Crippen LogP contribution in [0.3, 0.4) is 0 Å². The van der Waals surface area contributed by atoms with Crippen molar-refractivity contribution in [1.82, 2.24) is 4.57 Å². The summed E-state index contributed by atoms with van der Waals surface area (Å²) in [4.78, 5) is 14.8. The maximum atomic E-state index is 10.7. The van der Waals surface area contributed by atoms with E-state index >= 15 is 0 Å². The van der Waals surface area contributed by atoms with Gasteiger partial charge >= 0.3 is 0 Å². The minimum absolute atomic E-state index is 0.425. The molecule has 2 aromatic rings. The highest BCUT2D eigenvalue weighted by Gasteiger charge is 2.41. The first-order chi connectivity index (χ1) is 9.20. The van der Waals surface area contributed by atoms with Crippen LogP contribution in [0.15, 0.2) is 29.4 Å². The third kappa shape index (κ3) is 1.68. The number of carbonyl (C=O) groups excluding carboxylic acids is 1. The van der Waals surface area contributed by atoms with E-state index < -0.39 is 5.54 Å². The van der Waals surface area contributed by atoms with Crippen molar-refractivity contribution in [2.45, 2.75) is 24.8 Å². The van der Waals surface area contributed by atoms with Crippen LogP contribution < -0.4 is 4.74 Å². The SMILES string of the molecule is COc1cc2ccn(C)c2cc1C1(N=C=O)CCC1. The molecule has 1 saturated carbocycles. The number of benzene rings is 1. The van der Waals surface area contributed by atoms with Crippen LogP contribution in [0.4, 0.5) is 0 Å². The van der Waals surface area contributed by atoms with Crippen molar-refractivity contribution in [3.8, 4) is 5.75 Å². The number of isocyanates is 1. The Morgan fingerprint density at radius 1 is 1.42 bits per heavy atom. The molecular weight excluding hydrogens is 240 g/mol. The van der Waals surface area contributed by atoms with E-state index in [0.717, 1.165) is 41.5 Å². The Labute approximate surface area is 111 Å². The van der Waals surface area contributed by atoms with E-state index in [0.29, 0.717) is 0 Å². The Hall–Kier alpha value is -2.06. The molecule has 0 N–H and O–H groups in total. The number of fused-ring (bicyclic) bond motifs is 1. The lowest BCUT2D eigenvalue weighted by Crippen LogP contribution is -2.32. The van der Waals surface area contributed by atoms with E-state index in [1.807, 2.05) is 19.3 Å². The Morgan fingerprint density at radius 2 is 2.21 bits per heavy atom.